The Morgan fingerprint density at radius 1 is 1.35 bits per heavy atom. The number of nitrogens with zero attached hydrogens (tertiary/aromatic N) is 2. The molecular weight excluding hydrogens is 346 g/mol. The van der Waals surface area contributed by atoms with Crippen LogP contribution in [0.15, 0.2) is 46.2 Å². The number of ether oxygens (including phenoxy) is 1. The van der Waals surface area contributed by atoms with Gasteiger partial charge in [-0.1, -0.05) is 44.8 Å². The molecule has 1 aromatic heterocycles. The molecule has 0 radical (unpaired) electrons. The number of halogens is 2. The monoisotopic (exact) mass is 355 g/mol. The number of amidine groups is 1. The number of aromatic nitrogens is 1. The summed E-state index contributed by atoms with van der Waals surface area (Å²) in [5.74, 6) is 0.143. The molecule has 0 aliphatic heterocycles. The summed E-state index contributed by atoms with van der Waals surface area (Å²) in [6.07, 6.45) is 1.48. The number of hydrogen-bond donors (Lipinski definition) is 2. The van der Waals surface area contributed by atoms with E-state index in [0.29, 0.717) is 12.2 Å². The van der Waals surface area contributed by atoms with Gasteiger partial charge in [-0.3, -0.25) is 0 Å². The summed E-state index contributed by atoms with van der Waals surface area (Å²) in [6.45, 7) is 0.319. The summed E-state index contributed by atoms with van der Waals surface area (Å²) < 4.78 is 6.54. The minimum atomic E-state index is -0.0918. The number of benzene rings is 1. The molecule has 0 atom stereocenters. The van der Waals surface area contributed by atoms with Gasteiger partial charge in [-0.05, 0) is 23.8 Å². The SMILES string of the molecule is N/C(=N/O)c1ccnc(OCc2ccc(Br)cc2)c1Cl. The highest BCUT2D eigenvalue weighted by molar-refractivity contribution is 9.10. The van der Waals surface area contributed by atoms with E-state index < -0.39 is 0 Å². The fourth-order valence-electron chi connectivity index (χ4n) is 1.51. The average molecular weight is 357 g/mol. The predicted molar refractivity (Wildman–Crippen MR) is 80.2 cm³/mol. The van der Waals surface area contributed by atoms with Crippen LogP contribution < -0.4 is 10.5 Å². The van der Waals surface area contributed by atoms with E-state index in [4.69, 9.17) is 27.3 Å². The lowest BCUT2D eigenvalue weighted by atomic mass is 10.2. The number of nitrogens with two attached hydrogens (primary N) is 1. The van der Waals surface area contributed by atoms with Crippen molar-refractivity contribution < 1.29 is 9.94 Å². The minimum absolute atomic E-state index is 0.0918. The second kappa shape index (κ2) is 6.58. The molecule has 0 spiro atoms. The van der Waals surface area contributed by atoms with Gasteiger partial charge in [0, 0.05) is 16.2 Å². The highest BCUT2D eigenvalue weighted by Gasteiger charge is 2.12. The maximum absolute atomic E-state index is 8.68. The van der Waals surface area contributed by atoms with Crippen molar-refractivity contribution in [3.05, 3.63) is 57.2 Å². The van der Waals surface area contributed by atoms with Crippen molar-refractivity contribution in [3.8, 4) is 5.88 Å². The minimum Gasteiger partial charge on any atom is -0.472 e. The Morgan fingerprint density at radius 3 is 2.70 bits per heavy atom. The van der Waals surface area contributed by atoms with E-state index in [9.17, 15) is 0 Å². The number of rotatable bonds is 4. The van der Waals surface area contributed by atoms with Crippen LogP contribution in [0.4, 0.5) is 0 Å². The lowest BCUT2D eigenvalue weighted by Crippen LogP contribution is -2.14. The van der Waals surface area contributed by atoms with Gasteiger partial charge in [-0.25, -0.2) is 4.98 Å². The summed E-state index contributed by atoms with van der Waals surface area (Å²) in [7, 11) is 0. The Labute approximate surface area is 129 Å². The molecule has 0 amide bonds. The third-order valence-corrected chi connectivity index (χ3v) is 3.42. The summed E-state index contributed by atoms with van der Waals surface area (Å²) in [5, 5.41) is 11.8. The van der Waals surface area contributed by atoms with Gasteiger partial charge in [-0.2, -0.15) is 0 Å². The third-order valence-electron chi connectivity index (χ3n) is 2.53. The molecule has 1 heterocycles. The van der Waals surface area contributed by atoms with Crippen LogP contribution in [0.2, 0.25) is 5.02 Å². The molecule has 20 heavy (non-hydrogen) atoms. The van der Waals surface area contributed by atoms with Gasteiger partial charge in [0.1, 0.15) is 11.6 Å². The number of oxime groups is 1. The molecule has 7 heteroatoms. The van der Waals surface area contributed by atoms with Gasteiger partial charge in [0.05, 0.1) is 0 Å². The highest BCUT2D eigenvalue weighted by Crippen LogP contribution is 2.26. The maximum Gasteiger partial charge on any atom is 0.233 e. The predicted octanol–water partition coefficient (Wildman–Crippen LogP) is 3.17. The summed E-state index contributed by atoms with van der Waals surface area (Å²) in [6, 6.07) is 9.22. The molecule has 1 aromatic carbocycles. The standard InChI is InChI=1S/C13H11BrClN3O2/c14-9-3-1-8(2-4-9)7-20-13-11(15)10(5-6-17-13)12(16)18-19/h1-6,19H,7H2,(H2,16,18). The third kappa shape index (κ3) is 3.40. The van der Waals surface area contributed by atoms with Crippen LogP contribution in [0, 0.1) is 0 Å². The van der Waals surface area contributed by atoms with Crippen molar-refractivity contribution in [1.82, 2.24) is 4.98 Å². The quantitative estimate of drug-likeness (QED) is 0.381. The van der Waals surface area contributed by atoms with Crippen molar-refractivity contribution in [1.29, 1.82) is 0 Å². The normalized spacial score (nSPS) is 11.4. The molecule has 0 unspecified atom stereocenters. The first-order chi connectivity index (χ1) is 9.61. The average Bonchev–Trinajstić information content (AvgIpc) is 2.47. The van der Waals surface area contributed by atoms with Gasteiger partial charge in [0.15, 0.2) is 5.84 Å². The Bertz CT molecular complexity index is 632. The van der Waals surface area contributed by atoms with Crippen molar-refractivity contribution in [3.63, 3.8) is 0 Å². The Hall–Kier alpha value is -1.79. The zero-order valence-corrected chi connectivity index (χ0v) is 12.6. The van der Waals surface area contributed by atoms with Gasteiger partial charge in [0.2, 0.25) is 5.88 Å². The first-order valence-electron chi connectivity index (χ1n) is 5.61. The molecule has 0 aliphatic rings. The van der Waals surface area contributed by atoms with E-state index in [1.165, 1.54) is 6.20 Å². The highest BCUT2D eigenvalue weighted by atomic mass is 79.9. The lowest BCUT2D eigenvalue weighted by molar-refractivity contribution is 0.294. The second-order valence-corrected chi connectivity index (χ2v) is 5.17. The van der Waals surface area contributed by atoms with Gasteiger partial charge in [0.25, 0.3) is 0 Å². The van der Waals surface area contributed by atoms with Crippen LogP contribution in [0.3, 0.4) is 0 Å². The number of hydrogen-bond acceptors (Lipinski definition) is 4. The smallest absolute Gasteiger partial charge is 0.233 e. The van der Waals surface area contributed by atoms with E-state index >= 15 is 0 Å². The van der Waals surface area contributed by atoms with Crippen molar-refractivity contribution in [2.75, 3.05) is 0 Å². The molecule has 0 bridgehead atoms. The zero-order chi connectivity index (χ0) is 14.5. The fourth-order valence-corrected chi connectivity index (χ4v) is 2.04. The van der Waals surface area contributed by atoms with E-state index in [1.54, 1.807) is 6.07 Å². The molecule has 2 aromatic rings. The van der Waals surface area contributed by atoms with E-state index in [2.05, 4.69) is 26.1 Å². The summed E-state index contributed by atoms with van der Waals surface area (Å²) in [4.78, 5) is 4.03. The molecular formula is C13H11BrClN3O2. The molecule has 2 rings (SSSR count). The maximum atomic E-state index is 8.68. The van der Waals surface area contributed by atoms with E-state index in [-0.39, 0.29) is 16.7 Å². The summed E-state index contributed by atoms with van der Waals surface area (Å²) >= 11 is 9.47. The number of pyridine rings is 1. The first-order valence-corrected chi connectivity index (χ1v) is 6.78. The van der Waals surface area contributed by atoms with E-state index in [0.717, 1.165) is 10.0 Å². The second-order valence-electron chi connectivity index (χ2n) is 3.88. The molecule has 5 nitrogen and oxygen atoms in total. The molecule has 0 saturated carbocycles. The van der Waals surface area contributed by atoms with Crippen LogP contribution in [0.25, 0.3) is 0 Å². The Kier molecular flexibility index (Phi) is 4.81. The Morgan fingerprint density at radius 2 is 2.05 bits per heavy atom. The van der Waals surface area contributed by atoms with Crippen molar-refractivity contribution >= 4 is 33.4 Å². The van der Waals surface area contributed by atoms with Crippen LogP contribution >= 0.6 is 27.5 Å². The largest absolute Gasteiger partial charge is 0.472 e. The van der Waals surface area contributed by atoms with Gasteiger partial charge in [-0.15, -0.1) is 0 Å². The topological polar surface area (TPSA) is 80.7 Å². The molecule has 104 valence electrons. The Balaban J connectivity index is 2.16. The molecule has 3 N–H and O–H groups in total. The first kappa shape index (κ1) is 14.6. The van der Waals surface area contributed by atoms with Crippen LogP contribution in [0.1, 0.15) is 11.1 Å². The van der Waals surface area contributed by atoms with Crippen LogP contribution in [0.5, 0.6) is 5.88 Å². The van der Waals surface area contributed by atoms with Gasteiger partial charge < -0.3 is 15.7 Å². The lowest BCUT2D eigenvalue weighted by Gasteiger charge is -2.09. The van der Waals surface area contributed by atoms with Crippen LogP contribution in [-0.2, 0) is 6.61 Å². The van der Waals surface area contributed by atoms with E-state index in [1.807, 2.05) is 24.3 Å². The van der Waals surface area contributed by atoms with Crippen LogP contribution in [-0.4, -0.2) is 16.0 Å². The van der Waals surface area contributed by atoms with Crippen molar-refractivity contribution in [2.45, 2.75) is 6.61 Å². The molecule has 0 fully saturated rings. The molecule has 0 saturated heterocycles. The van der Waals surface area contributed by atoms with Gasteiger partial charge >= 0.3 is 0 Å². The fraction of sp³-hybridized carbons (Fsp3) is 0.0769. The van der Waals surface area contributed by atoms with Crippen molar-refractivity contribution in [2.24, 2.45) is 10.9 Å². The zero-order valence-electron chi connectivity index (χ0n) is 10.3. The summed E-state index contributed by atoms with van der Waals surface area (Å²) in [5.41, 5.74) is 6.86. The molecule has 0 aliphatic carbocycles.